The minimum Gasteiger partial charge on any atom is -1.00 e. The van der Waals surface area contributed by atoms with Gasteiger partial charge in [-0.3, -0.25) is 14.2 Å². The number of halogens is 3. The van der Waals surface area contributed by atoms with E-state index in [1.807, 2.05) is 73.7 Å². The van der Waals surface area contributed by atoms with Crippen molar-refractivity contribution in [2.24, 2.45) is 5.73 Å². The summed E-state index contributed by atoms with van der Waals surface area (Å²) in [4.78, 5) is 60.9. The summed E-state index contributed by atoms with van der Waals surface area (Å²) >= 11 is 2.18. The van der Waals surface area contributed by atoms with Gasteiger partial charge in [-0.15, -0.1) is 22.7 Å². The largest absolute Gasteiger partial charge is 1.00 e. The Morgan fingerprint density at radius 1 is 0.981 bits per heavy atom. The molecule has 15 nitrogen and oxygen atoms in total. The Morgan fingerprint density at radius 2 is 1.50 bits per heavy atom. The van der Waals surface area contributed by atoms with Crippen molar-refractivity contribution in [3.63, 3.8) is 0 Å². The van der Waals surface area contributed by atoms with Crippen LogP contribution in [0.25, 0.3) is 10.2 Å². The number of nitrogens with one attached hydrogen (secondary N) is 2. The third-order valence-electron chi connectivity index (χ3n) is 5.99. The van der Waals surface area contributed by atoms with E-state index in [1.165, 1.54) is 22.8 Å². The zero-order valence-electron chi connectivity index (χ0n) is 30.3. The van der Waals surface area contributed by atoms with E-state index in [0.29, 0.717) is 28.2 Å². The molecule has 3 aromatic heterocycles. The number of nitrogens with two attached hydrogens (primary N) is 1. The predicted molar refractivity (Wildman–Crippen MR) is 184 cm³/mol. The van der Waals surface area contributed by atoms with Gasteiger partial charge in [0.1, 0.15) is 4.70 Å². The number of amides is 2. The number of urea groups is 1. The first kappa shape index (κ1) is 52.6. The summed E-state index contributed by atoms with van der Waals surface area (Å²) in [5.74, 6) is -1.66. The minimum absolute atomic E-state index is 0. The summed E-state index contributed by atoms with van der Waals surface area (Å²) < 4.78 is 68.0. The number of primary amides is 1. The fraction of sp³-hybridized carbons (Fsp3) is 0.194. The number of hydrogen-bond acceptors (Lipinski definition) is 13. The van der Waals surface area contributed by atoms with Crippen molar-refractivity contribution >= 4 is 61.5 Å². The number of carbonyl (C=O) groups is 3. The molecule has 2 amide bonds. The molecule has 23 heteroatoms. The maximum absolute atomic E-state index is 12.3. The molecule has 0 fully saturated rings. The smallest absolute Gasteiger partial charge is 1.00 e. The number of thiophene rings is 2. The molecular formula is C31H31Cs2F3N4O11S3. The summed E-state index contributed by atoms with van der Waals surface area (Å²) in [5.41, 5.74) is 1.35. The second kappa shape index (κ2) is 25.8. The molecule has 0 radical (unpaired) electrons. The number of nitrogens with zero attached hydrogens (tertiary/aromatic N) is 1. The van der Waals surface area contributed by atoms with E-state index in [2.05, 4.69) is 24.1 Å². The number of carbonyl (C=O) groups excluding carboxylic acids is 3. The normalized spacial score (nSPS) is 10.2. The van der Waals surface area contributed by atoms with Gasteiger partial charge in [-0.05, 0) is 37.1 Å². The average molecular weight is 1050 g/mol. The van der Waals surface area contributed by atoms with Crippen molar-refractivity contribution in [2.75, 3.05) is 7.11 Å². The number of H-pyrrole nitrogens is 1. The molecule has 0 spiro atoms. The van der Waals surface area contributed by atoms with Crippen molar-refractivity contribution in [1.29, 1.82) is 0 Å². The average Bonchev–Trinajstić information content (AvgIpc) is 3.66. The summed E-state index contributed by atoms with van der Waals surface area (Å²) in [6.07, 6.45) is 0. The zero-order valence-corrected chi connectivity index (χ0v) is 44.3. The number of esters is 1. The SMILES string of the molecule is COC(=O)c1sc(C)cc1OS(=O)(=O)C(F)(F)F.Cc1cc2[nH]c(=O)n(Cc3ccccc3)c(=O)c2s1.NC(=O)NCc1ccccc1.O=CO[O-].[Cs+].[Cs+].[H-]. The number of ether oxygens (including phenoxy) is 1. The molecule has 282 valence electrons. The summed E-state index contributed by atoms with van der Waals surface area (Å²) in [5, 5.41) is 10.9. The Hall–Kier alpha value is -1.41. The fourth-order valence-corrected chi connectivity index (χ4v) is 6.10. The maximum Gasteiger partial charge on any atom is 1.00 e. The fourth-order valence-electron chi connectivity index (χ4n) is 3.81. The Balaban J connectivity index is 0. The number of aromatic amines is 1. The standard InChI is InChI=1S/C14H12N2O2S.C8H7F3O5S2.C8H10N2O.CH2O3.2Cs.H/c1-9-7-11-12(19-9)13(17)16(14(18)15-11)8-10-5-3-2-4-6-10;1-4-3-5(6(17-4)7(12)15-2)16-18(13,14)8(9,10)11;9-8(11)10-6-7-4-2-1-3-5-7;2-1-4-3;;;/h2-7H,8H2,1H3,(H,15,18);3H,1-2H3;1-5H,6H2,(H3,9,10,11);1,3H;;;/q;;;;2*+1;-1/p-1. The number of methoxy groups -OCH3 is 1. The minimum atomic E-state index is -5.80. The molecule has 0 aliphatic carbocycles. The molecule has 5 rings (SSSR count). The van der Waals surface area contributed by atoms with Crippen LogP contribution in [0, 0.1) is 13.8 Å². The molecule has 0 unspecified atom stereocenters. The molecule has 0 bridgehead atoms. The van der Waals surface area contributed by atoms with Gasteiger partial charge < -0.3 is 36.5 Å². The van der Waals surface area contributed by atoms with Gasteiger partial charge in [-0.25, -0.2) is 14.4 Å². The van der Waals surface area contributed by atoms with Crippen LogP contribution in [0.5, 0.6) is 5.75 Å². The molecule has 0 saturated carbocycles. The third-order valence-corrected chi connectivity index (χ3v) is 9.00. The molecule has 2 aromatic carbocycles. The van der Waals surface area contributed by atoms with Gasteiger partial charge in [0.25, 0.3) is 12.0 Å². The molecular weight excluding hydrogens is 1020 g/mol. The van der Waals surface area contributed by atoms with Crippen molar-refractivity contribution in [3.05, 3.63) is 119 Å². The van der Waals surface area contributed by atoms with Crippen LogP contribution in [-0.2, 0) is 37.6 Å². The van der Waals surface area contributed by atoms with Gasteiger partial charge in [0, 0.05) is 16.3 Å². The maximum atomic E-state index is 12.3. The quantitative estimate of drug-likeness (QED) is 0.0371. The van der Waals surface area contributed by atoms with Crippen molar-refractivity contribution in [1.82, 2.24) is 14.9 Å². The van der Waals surface area contributed by atoms with Crippen LogP contribution in [-0.4, -0.2) is 49.1 Å². The molecule has 4 N–H and O–H groups in total. The number of benzene rings is 2. The number of rotatable bonds is 8. The van der Waals surface area contributed by atoms with Gasteiger partial charge in [0.15, 0.2) is 10.6 Å². The number of aromatic nitrogens is 2. The first-order valence-corrected chi connectivity index (χ1v) is 17.2. The van der Waals surface area contributed by atoms with E-state index in [1.54, 1.807) is 0 Å². The van der Waals surface area contributed by atoms with E-state index in [-0.39, 0.29) is 162 Å². The molecule has 0 aliphatic rings. The van der Waals surface area contributed by atoms with Gasteiger partial charge in [-0.1, -0.05) is 60.7 Å². The summed E-state index contributed by atoms with van der Waals surface area (Å²) in [6, 6.07) is 21.4. The Bertz CT molecular complexity index is 2190. The van der Waals surface area contributed by atoms with E-state index < -0.39 is 33.4 Å². The zero-order chi connectivity index (χ0) is 39.1. The van der Waals surface area contributed by atoms with Gasteiger partial charge >= 0.3 is 171 Å². The van der Waals surface area contributed by atoms with Crippen LogP contribution in [0.15, 0.2) is 82.4 Å². The van der Waals surface area contributed by atoms with Gasteiger partial charge in [-0.2, -0.15) is 21.6 Å². The molecule has 3 heterocycles. The predicted octanol–water partition coefficient (Wildman–Crippen LogP) is -2.41. The van der Waals surface area contributed by atoms with Crippen molar-refractivity contribution in [3.8, 4) is 5.75 Å². The van der Waals surface area contributed by atoms with E-state index in [0.717, 1.165) is 40.5 Å². The Labute approximate surface area is 433 Å². The van der Waals surface area contributed by atoms with E-state index in [4.69, 9.17) is 15.8 Å². The third kappa shape index (κ3) is 17.4. The van der Waals surface area contributed by atoms with Crippen LogP contribution in [0.2, 0.25) is 0 Å². The van der Waals surface area contributed by atoms with Crippen LogP contribution < -0.4 is 170 Å². The van der Waals surface area contributed by atoms with Gasteiger partial charge in [0.05, 0.1) is 19.2 Å². The molecule has 0 saturated heterocycles. The van der Waals surface area contributed by atoms with Crippen molar-refractivity contribution in [2.45, 2.75) is 32.4 Å². The first-order chi connectivity index (χ1) is 24.4. The Kier molecular flexibility index (Phi) is 25.1. The second-order valence-electron chi connectivity index (χ2n) is 9.83. The number of hydrogen-bond donors (Lipinski definition) is 3. The van der Waals surface area contributed by atoms with Crippen LogP contribution in [0.3, 0.4) is 0 Å². The second-order valence-corrected chi connectivity index (χ2v) is 13.9. The number of fused-ring (bicyclic) bond motifs is 1. The van der Waals surface area contributed by atoms with E-state index in [9.17, 15) is 40.8 Å². The van der Waals surface area contributed by atoms with Crippen LogP contribution in [0.4, 0.5) is 18.0 Å². The molecule has 0 atom stereocenters. The molecule has 54 heavy (non-hydrogen) atoms. The first-order valence-electron chi connectivity index (χ1n) is 14.2. The monoisotopic (exact) mass is 1050 g/mol. The summed E-state index contributed by atoms with van der Waals surface area (Å²) in [6.45, 7) is 4.01. The van der Waals surface area contributed by atoms with Crippen LogP contribution >= 0.6 is 22.7 Å². The Morgan fingerprint density at radius 3 is 1.98 bits per heavy atom. The number of alkyl halides is 3. The topological polar surface area (TPSA) is 229 Å². The summed E-state index contributed by atoms with van der Waals surface area (Å²) in [7, 11) is -4.79. The van der Waals surface area contributed by atoms with Crippen LogP contribution in [0.1, 0.15) is 32.0 Å². The molecule has 0 aliphatic heterocycles. The van der Waals surface area contributed by atoms with Crippen molar-refractivity contribution < 1.29 is 194 Å². The van der Waals surface area contributed by atoms with Gasteiger partial charge in [0.2, 0.25) is 0 Å². The van der Waals surface area contributed by atoms with E-state index >= 15 is 0 Å². The molecule has 5 aromatic rings. The number of aryl methyl sites for hydroxylation is 2.